The molecule has 1 aliphatic heterocycles. The number of hydrogen-bond acceptors (Lipinski definition) is 5. The minimum absolute atomic E-state index is 0.253. The van der Waals surface area contributed by atoms with Crippen molar-refractivity contribution in [2.24, 2.45) is 4.99 Å². The first-order chi connectivity index (χ1) is 20.2. The molecule has 1 aliphatic rings. The van der Waals surface area contributed by atoms with Crippen LogP contribution in [-0.2, 0) is 16.1 Å². The second kappa shape index (κ2) is 11.2. The Labute approximate surface area is 250 Å². The van der Waals surface area contributed by atoms with Crippen molar-refractivity contribution in [2.45, 2.75) is 39.5 Å². The number of ether oxygens (including phenoxy) is 1. The topological polar surface area (TPSA) is 65.6 Å². The molecule has 0 saturated heterocycles. The molecule has 0 fully saturated rings. The van der Waals surface area contributed by atoms with E-state index < -0.39 is 12.0 Å². The maximum absolute atomic E-state index is 14.1. The maximum atomic E-state index is 14.1. The Hall–Kier alpha value is -4.27. The van der Waals surface area contributed by atoms with E-state index in [0.717, 1.165) is 27.6 Å². The molecular weight excluding hydrogens is 573 g/mol. The van der Waals surface area contributed by atoms with Crippen molar-refractivity contribution in [3.8, 4) is 0 Å². The van der Waals surface area contributed by atoms with Gasteiger partial charge in [0.2, 0.25) is 0 Å². The number of fused-ring (bicyclic) bond motifs is 2. The van der Waals surface area contributed by atoms with Gasteiger partial charge in [-0.25, -0.2) is 14.2 Å². The van der Waals surface area contributed by atoms with E-state index in [1.807, 2.05) is 48.7 Å². The first kappa shape index (κ1) is 27.9. The average molecular weight is 600 g/mol. The van der Waals surface area contributed by atoms with Crippen LogP contribution in [-0.4, -0.2) is 21.2 Å². The van der Waals surface area contributed by atoms with E-state index in [1.54, 1.807) is 49.6 Å². The van der Waals surface area contributed by atoms with Crippen LogP contribution in [0, 0.1) is 5.82 Å². The molecule has 0 radical (unpaired) electrons. The molecule has 0 amide bonds. The zero-order valence-electron chi connectivity index (χ0n) is 23.2. The van der Waals surface area contributed by atoms with Gasteiger partial charge < -0.3 is 9.30 Å². The SMILES string of the molecule is CC1=C(C(=O)OC(C)C)C(c2ccc(Cl)cc2)n2c(s/c(=C\c3cn(Cc4ccc(F)cc4)c4ccccc34)c2=O)=N1. The van der Waals surface area contributed by atoms with Crippen molar-refractivity contribution >= 4 is 45.9 Å². The van der Waals surface area contributed by atoms with Gasteiger partial charge in [0.05, 0.1) is 27.9 Å². The Morgan fingerprint density at radius 1 is 1.10 bits per heavy atom. The summed E-state index contributed by atoms with van der Waals surface area (Å²) in [4.78, 5) is 32.5. The first-order valence-electron chi connectivity index (χ1n) is 13.5. The van der Waals surface area contributed by atoms with Gasteiger partial charge in [-0.05, 0) is 68.3 Å². The maximum Gasteiger partial charge on any atom is 0.338 e. The number of benzene rings is 3. The Morgan fingerprint density at radius 2 is 1.81 bits per heavy atom. The predicted molar refractivity (Wildman–Crippen MR) is 164 cm³/mol. The highest BCUT2D eigenvalue weighted by Gasteiger charge is 2.33. The number of halogens is 2. The van der Waals surface area contributed by atoms with Gasteiger partial charge in [-0.1, -0.05) is 65.4 Å². The van der Waals surface area contributed by atoms with E-state index in [1.165, 1.54) is 23.5 Å². The largest absolute Gasteiger partial charge is 0.459 e. The summed E-state index contributed by atoms with van der Waals surface area (Å²) in [6, 6.07) is 20.8. The van der Waals surface area contributed by atoms with Gasteiger partial charge in [0.25, 0.3) is 5.56 Å². The van der Waals surface area contributed by atoms with Gasteiger partial charge in [-0.15, -0.1) is 0 Å². The first-order valence-corrected chi connectivity index (χ1v) is 14.7. The van der Waals surface area contributed by atoms with Gasteiger partial charge in [-0.2, -0.15) is 0 Å². The van der Waals surface area contributed by atoms with Crippen molar-refractivity contribution in [3.63, 3.8) is 0 Å². The lowest BCUT2D eigenvalue weighted by Gasteiger charge is -2.25. The van der Waals surface area contributed by atoms with Crippen LogP contribution in [0.4, 0.5) is 4.39 Å². The van der Waals surface area contributed by atoms with Gasteiger partial charge in [0.1, 0.15) is 5.82 Å². The summed E-state index contributed by atoms with van der Waals surface area (Å²) in [5.41, 5.74) is 4.13. The van der Waals surface area contributed by atoms with E-state index in [0.29, 0.717) is 32.2 Å². The molecule has 1 atom stereocenters. The molecule has 0 saturated carbocycles. The second-order valence-corrected chi connectivity index (χ2v) is 11.9. The number of carbonyl (C=O) groups excluding carboxylic acids is 1. The van der Waals surface area contributed by atoms with Gasteiger partial charge in [0.15, 0.2) is 4.80 Å². The number of carbonyl (C=O) groups is 1. The molecule has 6 nitrogen and oxygen atoms in total. The van der Waals surface area contributed by atoms with Gasteiger partial charge in [-0.3, -0.25) is 9.36 Å². The fraction of sp³-hybridized carbons (Fsp3) is 0.182. The molecule has 9 heteroatoms. The smallest absolute Gasteiger partial charge is 0.338 e. The highest BCUT2D eigenvalue weighted by atomic mass is 35.5. The molecule has 0 bridgehead atoms. The average Bonchev–Trinajstić information content (AvgIpc) is 3.45. The number of para-hydroxylation sites is 1. The number of hydrogen-bond donors (Lipinski definition) is 0. The molecule has 3 aromatic carbocycles. The van der Waals surface area contributed by atoms with Crippen LogP contribution in [0.2, 0.25) is 5.02 Å². The number of nitrogens with zero attached hydrogens (tertiary/aromatic N) is 3. The van der Waals surface area contributed by atoms with Crippen LogP contribution in [0.1, 0.15) is 43.5 Å². The van der Waals surface area contributed by atoms with Crippen LogP contribution in [0.15, 0.2) is 100 Å². The summed E-state index contributed by atoms with van der Waals surface area (Å²) in [7, 11) is 0. The van der Waals surface area contributed by atoms with Crippen LogP contribution in [0.5, 0.6) is 0 Å². The fourth-order valence-corrected chi connectivity index (χ4v) is 6.43. The zero-order chi connectivity index (χ0) is 29.5. The van der Waals surface area contributed by atoms with Crippen molar-refractivity contribution in [1.29, 1.82) is 0 Å². The van der Waals surface area contributed by atoms with Gasteiger partial charge >= 0.3 is 5.97 Å². The van der Waals surface area contributed by atoms with Crippen molar-refractivity contribution in [2.75, 3.05) is 0 Å². The minimum atomic E-state index is -0.716. The van der Waals surface area contributed by atoms with E-state index in [-0.39, 0.29) is 17.5 Å². The molecule has 1 unspecified atom stereocenters. The third-order valence-electron chi connectivity index (χ3n) is 7.14. The van der Waals surface area contributed by atoms with Crippen LogP contribution in [0.3, 0.4) is 0 Å². The molecule has 3 heterocycles. The lowest BCUT2D eigenvalue weighted by Crippen LogP contribution is -2.40. The summed E-state index contributed by atoms with van der Waals surface area (Å²) < 4.78 is 23.2. The molecule has 0 aliphatic carbocycles. The third kappa shape index (κ3) is 5.24. The van der Waals surface area contributed by atoms with E-state index in [2.05, 4.69) is 9.56 Å². The quantitative estimate of drug-likeness (QED) is 0.226. The minimum Gasteiger partial charge on any atom is -0.459 e. The van der Waals surface area contributed by atoms with E-state index in [4.69, 9.17) is 16.3 Å². The summed E-state index contributed by atoms with van der Waals surface area (Å²) in [5.74, 6) is -0.788. The number of thiazole rings is 1. The van der Waals surface area contributed by atoms with Crippen LogP contribution < -0.4 is 14.9 Å². The number of allylic oxidation sites excluding steroid dienone is 1. The Bertz CT molecular complexity index is 2040. The van der Waals surface area contributed by atoms with E-state index >= 15 is 0 Å². The molecule has 0 spiro atoms. The molecule has 212 valence electrons. The van der Waals surface area contributed by atoms with E-state index in [9.17, 15) is 14.0 Å². The molecule has 2 aromatic heterocycles. The molecule has 5 aromatic rings. The lowest BCUT2D eigenvalue weighted by atomic mass is 9.96. The highest BCUT2D eigenvalue weighted by molar-refractivity contribution is 7.07. The van der Waals surface area contributed by atoms with Crippen LogP contribution >= 0.6 is 22.9 Å². The Morgan fingerprint density at radius 3 is 2.52 bits per heavy atom. The van der Waals surface area contributed by atoms with Crippen LogP contribution in [0.25, 0.3) is 17.0 Å². The number of aromatic nitrogens is 2. The normalized spacial score (nSPS) is 15.3. The summed E-state index contributed by atoms with van der Waals surface area (Å²) in [5, 5.41) is 1.53. The second-order valence-electron chi connectivity index (χ2n) is 10.4. The highest BCUT2D eigenvalue weighted by Crippen LogP contribution is 2.32. The van der Waals surface area contributed by atoms with Gasteiger partial charge in [0, 0.05) is 34.2 Å². The molecule has 0 N–H and O–H groups in total. The monoisotopic (exact) mass is 599 g/mol. The fourth-order valence-electron chi connectivity index (χ4n) is 5.27. The summed E-state index contributed by atoms with van der Waals surface area (Å²) >= 11 is 7.45. The Kier molecular flexibility index (Phi) is 7.43. The number of rotatable bonds is 6. The summed E-state index contributed by atoms with van der Waals surface area (Å²) in [6.45, 7) is 5.88. The number of esters is 1. The molecule has 42 heavy (non-hydrogen) atoms. The van der Waals surface area contributed by atoms with Crippen molar-refractivity contribution < 1.29 is 13.9 Å². The molecule has 6 rings (SSSR count). The zero-order valence-corrected chi connectivity index (χ0v) is 24.7. The summed E-state index contributed by atoms with van der Waals surface area (Å²) in [6.07, 6.45) is 3.54. The third-order valence-corrected chi connectivity index (χ3v) is 8.38. The van der Waals surface area contributed by atoms with Crippen molar-refractivity contribution in [1.82, 2.24) is 9.13 Å². The lowest BCUT2D eigenvalue weighted by molar-refractivity contribution is -0.143. The standard InChI is InChI=1S/C33H27ClFN3O3S/c1-19(2)41-32(40)29-20(3)36-33-38(30(29)22-10-12-24(34)13-11-22)31(39)28(42-33)16-23-18-37(27-7-5-4-6-26(23)27)17-21-8-14-25(35)15-9-21/h4-16,18-19,30H,17H2,1-3H3/b28-16-. The van der Waals surface area contributed by atoms with Crippen molar-refractivity contribution in [3.05, 3.63) is 137 Å². The Balaban J connectivity index is 1.50. The predicted octanol–water partition coefficient (Wildman–Crippen LogP) is 5.98. The molecular formula is C33H27ClFN3O3S.